The third kappa shape index (κ3) is 1.76. The van der Waals surface area contributed by atoms with Gasteiger partial charge in [0.05, 0.1) is 15.4 Å². The van der Waals surface area contributed by atoms with Crippen molar-refractivity contribution in [3.63, 3.8) is 0 Å². The van der Waals surface area contributed by atoms with Crippen molar-refractivity contribution in [3.8, 4) is 11.5 Å². The average molecular weight is 244 g/mol. The highest BCUT2D eigenvalue weighted by atomic mass is 32.2. The molecule has 0 aromatic heterocycles. The summed E-state index contributed by atoms with van der Waals surface area (Å²) < 4.78 is 5.68. The highest BCUT2D eigenvalue weighted by Gasteiger charge is 2.18. The second-order valence-electron chi connectivity index (χ2n) is 3.62. The van der Waals surface area contributed by atoms with Gasteiger partial charge in [0.25, 0.3) is 0 Å². The van der Waals surface area contributed by atoms with Crippen LogP contribution in [0.4, 0.5) is 0 Å². The first kappa shape index (κ1) is 10.2. The van der Waals surface area contributed by atoms with Crippen molar-refractivity contribution in [2.45, 2.75) is 9.79 Å². The zero-order chi connectivity index (χ0) is 11.8. The lowest BCUT2D eigenvalue weighted by Crippen LogP contribution is -2.00. The lowest BCUT2D eigenvalue weighted by Gasteiger charge is -2.19. The van der Waals surface area contributed by atoms with Crippen molar-refractivity contribution in [2.75, 3.05) is 0 Å². The van der Waals surface area contributed by atoms with Gasteiger partial charge < -0.3 is 9.84 Å². The number of carboxylic acid groups (broad SMARTS) is 1. The molecule has 4 heteroatoms. The van der Waals surface area contributed by atoms with Crippen LogP contribution in [0, 0.1) is 0 Å². The van der Waals surface area contributed by atoms with Crippen LogP contribution in [0.5, 0.6) is 11.5 Å². The van der Waals surface area contributed by atoms with Crippen LogP contribution >= 0.6 is 11.8 Å². The Labute approximate surface area is 102 Å². The van der Waals surface area contributed by atoms with Crippen molar-refractivity contribution in [1.29, 1.82) is 0 Å². The van der Waals surface area contributed by atoms with Crippen LogP contribution in [0.1, 0.15) is 10.4 Å². The number of hydrogen-bond donors (Lipinski definition) is 1. The summed E-state index contributed by atoms with van der Waals surface area (Å²) in [4.78, 5) is 12.9. The molecule has 3 nitrogen and oxygen atoms in total. The number of carbonyl (C=O) groups is 1. The molecule has 1 heterocycles. The van der Waals surface area contributed by atoms with Gasteiger partial charge >= 0.3 is 5.97 Å². The van der Waals surface area contributed by atoms with E-state index in [2.05, 4.69) is 0 Å². The van der Waals surface area contributed by atoms with Crippen molar-refractivity contribution in [3.05, 3.63) is 48.0 Å². The van der Waals surface area contributed by atoms with Crippen LogP contribution in [0.2, 0.25) is 0 Å². The average Bonchev–Trinajstić information content (AvgIpc) is 2.35. The van der Waals surface area contributed by atoms with Gasteiger partial charge in [0.2, 0.25) is 0 Å². The zero-order valence-corrected chi connectivity index (χ0v) is 9.53. The Morgan fingerprint density at radius 1 is 1.06 bits per heavy atom. The van der Waals surface area contributed by atoms with E-state index in [1.165, 1.54) is 0 Å². The Balaban J connectivity index is 2.06. The summed E-state index contributed by atoms with van der Waals surface area (Å²) in [6.07, 6.45) is 0. The summed E-state index contributed by atoms with van der Waals surface area (Å²) in [5.74, 6) is 0.432. The van der Waals surface area contributed by atoms with E-state index in [1.54, 1.807) is 30.0 Å². The van der Waals surface area contributed by atoms with E-state index in [1.807, 2.05) is 24.3 Å². The van der Waals surface area contributed by atoms with Crippen molar-refractivity contribution in [2.24, 2.45) is 0 Å². The Morgan fingerprint density at radius 2 is 1.82 bits per heavy atom. The van der Waals surface area contributed by atoms with Gasteiger partial charge in [-0.15, -0.1) is 0 Å². The van der Waals surface area contributed by atoms with Crippen LogP contribution in [0.3, 0.4) is 0 Å². The van der Waals surface area contributed by atoms with Crippen LogP contribution in [0.25, 0.3) is 0 Å². The number of para-hydroxylation sites is 1. The molecule has 84 valence electrons. The van der Waals surface area contributed by atoms with E-state index in [4.69, 9.17) is 9.84 Å². The number of fused-ring (bicyclic) bond motifs is 2. The minimum Gasteiger partial charge on any atom is -0.478 e. The van der Waals surface area contributed by atoms with Gasteiger partial charge in [-0.1, -0.05) is 23.9 Å². The molecular weight excluding hydrogens is 236 g/mol. The van der Waals surface area contributed by atoms with Crippen molar-refractivity contribution in [1.82, 2.24) is 0 Å². The maximum Gasteiger partial charge on any atom is 0.335 e. The van der Waals surface area contributed by atoms with E-state index < -0.39 is 5.97 Å². The van der Waals surface area contributed by atoms with Gasteiger partial charge in [0, 0.05) is 0 Å². The van der Waals surface area contributed by atoms with E-state index in [9.17, 15) is 4.79 Å². The van der Waals surface area contributed by atoms with E-state index in [-0.39, 0.29) is 5.56 Å². The van der Waals surface area contributed by atoms with Gasteiger partial charge in [-0.3, -0.25) is 0 Å². The molecule has 0 atom stereocenters. The predicted molar refractivity (Wildman–Crippen MR) is 64.0 cm³/mol. The number of benzene rings is 2. The Kier molecular flexibility index (Phi) is 2.30. The van der Waals surface area contributed by atoms with Gasteiger partial charge in [-0.2, -0.15) is 0 Å². The van der Waals surface area contributed by atoms with Crippen molar-refractivity contribution < 1.29 is 14.6 Å². The van der Waals surface area contributed by atoms with Crippen molar-refractivity contribution >= 4 is 17.7 Å². The molecular formula is C13H8O3S. The number of ether oxygens (including phenoxy) is 1. The fourth-order valence-electron chi connectivity index (χ4n) is 1.66. The summed E-state index contributed by atoms with van der Waals surface area (Å²) >= 11 is 1.58. The Hall–Kier alpha value is -1.94. The third-order valence-electron chi connectivity index (χ3n) is 2.48. The minimum atomic E-state index is -0.944. The molecule has 0 fully saturated rings. The maximum absolute atomic E-state index is 10.9. The summed E-state index contributed by atoms with van der Waals surface area (Å²) in [6, 6.07) is 12.6. The molecule has 2 aromatic carbocycles. The maximum atomic E-state index is 10.9. The zero-order valence-electron chi connectivity index (χ0n) is 8.71. The summed E-state index contributed by atoms with van der Waals surface area (Å²) in [6.45, 7) is 0. The number of hydrogen-bond acceptors (Lipinski definition) is 3. The fraction of sp³-hybridized carbons (Fsp3) is 0. The number of aromatic carboxylic acids is 1. The molecule has 0 radical (unpaired) electrons. The summed E-state index contributed by atoms with van der Waals surface area (Å²) in [5, 5.41) is 8.92. The van der Waals surface area contributed by atoms with Gasteiger partial charge in [-0.25, -0.2) is 4.79 Å². The molecule has 0 aliphatic carbocycles. The SMILES string of the molecule is O=C(O)c1ccc2c(c1)Oc1ccccc1S2. The summed E-state index contributed by atoms with van der Waals surface area (Å²) in [7, 11) is 0. The Bertz CT molecular complexity index is 607. The molecule has 0 bridgehead atoms. The predicted octanol–water partition coefficient (Wildman–Crippen LogP) is 3.64. The highest BCUT2D eigenvalue weighted by molar-refractivity contribution is 7.99. The second-order valence-corrected chi connectivity index (χ2v) is 4.70. The molecule has 0 spiro atoms. The van der Waals surface area contributed by atoms with Crippen LogP contribution in [0.15, 0.2) is 52.3 Å². The normalized spacial score (nSPS) is 12.2. The molecule has 2 aromatic rings. The smallest absolute Gasteiger partial charge is 0.335 e. The highest BCUT2D eigenvalue weighted by Crippen LogP contribution is 2.46. The first-order valence-electron chi connectivity index (χ1n) is 5.06. The summed E-state index contributed by atoms with van der Waals surface area (Å²) in [5.41, 5.74) is 0.240. The minimum absolute atomic E-state index is 0.240. The van der Waals surface area contributed by atoms with E-state index in [0.717, 1.165) is 15.5 Å². The molecule has 0 unspecified atom stereocenters. The van der Waals surface area contributed by atoms with Gasteiger partial charge in [0.1, 0.15) is 11.5 Å². The molecule has 0 amide bonds. The molecule has 0 saturated heterocycles. The second kappa shape index (κ2) is 3.82. The largest absolute Gasteiger partial charge is 0.478 e. The molecule has 17 heavy (non-hydrogen) atoms. The monoisotopic (exact) mass is 244 g/mol. The first-order valence-corrected chi connectivity index (χ1v) is 5.88. The lowest BCUT2D eigenvalue weighted by atomic mass is 10.2. The fourth-order valence-corrected chi connectivity index (χ4v) is 2.59. The van der Waals surface area contributed by atoms with Crippen LogP contribution < -0.4 is 4.74 Å². The standard InChI is InChI=1S/C13H8O3S/c14-13(15)8-5-6-12-10(7-8)16-9-3-1-2-4-11(9)17-12/h1-7H,(H,14,15). The topological polar surface area (TPSA) is 46.5 Å². The van der Waals surface area contributed by atoms with Crippen LogP contribution in [-0.2, 0) is 0 Å². The molecule has 1 N–H and O–H groups in total. The third-order valence-corrected chi connectivity index (χ3v) is 3.59. The van der Waals surface area contributed by atoms with E-state index >= 15 is 0 Å². The van der Waals surface area contributed by atoms with Crippen LogP contribution in [-0.4, -0.2) is 11.1 Å². The number of carboxylic acids is 1. The quantitative estimate of drug-likeness (QED) is 0.709. The van der Waals surface area contributed by atoms with Gasteiger partial charge in [-0.05, 0) is 30.3 Å². The van der Waals surface area contributed by atoms with E-state index in [0.29, 0.717) is 5.75 Å². The first-order chi connectivity index (χ1) is 8.24. The molecule has 0 saturated carbocycles. The lowest BCUT2D eigenvalue weighted by molar-refractivity contribution is 0.0696. The molecule has 3 rings (SSSR count). The Morgan fingerprint density at radius 3 is 2.65 bits per heavy atom. The number of rotatable bonds is 1. The van der Waals surface area contributed by atoms with Gasteiger partial charge in [0.15, 0.2) is 0 Å². The molecule has 1 aliphatic heterocycles. The molecule has 1 aliphatic rings.